The fourth-order valence-corrected chi connectivity index (χ4v) is 6.06. The van der Waals surface area contributed by atoms with Crippen molar-refractivity contribution in [1.29, 1.82) is 0 Å². The Morgan fingerprint density at radius 1 is 1.38 bits per heavy atom. The molecule has 3 heterocycles. The Hall–Kier alpha value is -0.240. The second-order valence-corrected chi connectivity index (χ2v) is 8.64. The second-order valence-electron chi connectivity index (χ2n) is 6.27. The van der Waals surface area contributed by atoms with Gasteiger partial charge in [-0.25, -0.2) is 0 Å². The first kappa shape index (κ1) is 14.4. The van der Waals surface area contributed by atoms with Gasteiger partial charge in [0.05, 0.1) is 12.1 Å². The summed E-state index contributed by atoms with van der Waals surface area (Å²) in [5, 5.41) is 10.4. The molecule has 0 amide bonds. The summed E-state index contributed by atoms with van der Waals surface area (Å²) in [6.07, 6.45) is 5.96. The molecule has 116 valence electrons. The van der Waals surface area contributed by atoms with E-state index in [1.54, 1.807) is 0 Å². The zero-order valence-electron chi connectivity index (χ0n) is 12.2. The number of hydrogen-bond acceptors (Lipinski definition) is 6. The number of nitrogens with zero attached hydrogens (tertiary/aromatic N) is 3. The summed E-state index contributed by atoms with van der Waals surface area (Å²) in [6.45, 7) is 1.37. The van der Waals surface area contributed by atoms with Crippen LogP contribution in [-0.2, 0) is 11.3 Å². The molecule has 0 aromatic carbocycles. The van der Waals surface area contributed by atoms with Crippen LogP contribution in [0.4, 0.5) is 0 Å². The van der Waals surface area contributed by atoms with Gasteiger partial charge in [-0.3, -0.25) is 0 Å². The largest absolute Gasteiger partial charge is 0.374 e. The number of hydrogen-bond donors (Lipinski definition) is 1. The molecule has 0 radical (unpaired) electrons. The zero-order valence-corrected chi connectivity index (χ0v) is 13.8. The van der Waals surface area contributed by atoms with E-state index in [9.17, 15) is 0 Å². The van der Waals surface area contributed by atoms with E-state index in [0.29, 0.717) is 17.8 Å². The topological polar surface area (TPSA) is 66.0 Å². The maximum atomic E-state index is 6.11. The van der Waals surface area contributed by atoms with Gasteiger partial charge in [-0.05, 0) is 37.9 Å². The lowest BCUT2D eigenvalue weighted by Crippen LogP contribution is -2.41. The van der Waals surface area contributed by atoms with Crippen LogP contribution in [0.5, 0.6) is 0 Å². The molecule has 1 aliphatic carbocycles. The van der Waals surface area contributed by atoms with Gasteiger partial charge in [0.2, 0.25) is 0 Å². The third-order valence-corrected chi connectivity index (χ3v) is 7.06. The maximum absolute atomic E-state index is 6.11. The summed E-state index contributed by atoms with van der Waals surface area (Å²) in [6, 6.07) is 0.594. The predicted octanol–water partition coefficient (Wildman–Crippen LogP) is 2.22. The summed E-state index contributed by atoms with van der Waals surface area (Å²) in [7, 11) is 0. The molecule has 1 spiro atoms. The lowest BCUT2D eigenvalue weighted by Gasteiger charge is -2.37. The van der Waals surface area contributed by atoms with E-state index in [1.165, 1.54) is 25.0 Å². The lowest BCUT2D eigenvalue weighted by atomic mass is 9.93. The van der Waals surface area contributed by atoms with E-state index in [-0.39, 0.29) is 5.60 Å². The van der Waals surface area contributed by atoms with E-state index in [2.05, 4.69) is 14.8 Å². The minimum Gasteiger partial charge on any atom is -0.374 e. The molecule has 2 N–H and O–H groups in total. The monoisotopic (exact) mass is 326 g/mol. The van der Waals surface area contributed by atoms with E-state index in [1.807, 2.05) is 23.5 Å². The molecule has 21 heavy (non-hydrogen) atoms. The first-order valence-electron chi connectivity index (χ1n) is 7.82. The van der Waals surface area contributed by atoms with E-state index in [0.717, 1.165) is 36.2 Å². The average Bonchev–Trinajstić information content (AvgIpc) is 3.11. The molecule has 2 aliphatic heterocycles. The van der Waals surface area contributed by atoms with Gasteiger partial charge in [-0.2, -0.15) is 11.8 Å². The number of thioether (sulfide) groups is 2. The standard InChI is InChI=1S/C14H22N4OS2/c15-8-12-16-17-13(18(12)10-1-2-10)21-11-3-5-19-14(7-11)4-6-20-9-14/h10-11H,1-9,15H2. The summed E-state index contributed by atoms with van der Waals surface area (Å²) >= 11 is 3.93. The Morgan fingerprint density at radius 2 is 2.29 bits per heavy atom. The smallest absolute Gasteiger partial charge is 0.191 e. The molecule has 1 saturated carbocycles. The van der Waals surface area contributed by atoms with Crippen LogP contribution in [0.2, 0.25) is 0 Å². The maximum Gasteiger partial charge on any atom is 0.191 e. The van der Waals surface area contributed by atoms with Crippen molar-refractivity contribution in [3.05, 3.63) is 5.82 Å². The molecule has 2 atom stereocenters. The molecule has 2 saturated heterocycles. The van der Waals surface area contributed by atoms with Crippen LogP contribution in [0.25, 0.3) is 0 Å². The van der Waals surface area contributed by atoms with Crippen molar-refractivity contribution in [1.82, 2.24) is 14.8 Å². The van der Waals surface area contributed by atoms with E-state index < -0.39 is 0 Å². The van der Waals surface area contributed by atoms with E-state index in [4.69, 9.17) is 10.5 Å². The number of rotatable bonds is 4. The van der Waals surface area contributed by atoms with Crippen LogP contribution in [-0.4, -0.2) is 43.7 Å². The molecule has 4 rings (SSSR count). The average molecular weight is 326 g/mol. The van der Waals surface area contributed by atoms with Crippen molar-refractivity contribution in [3.8, 4) is 0 Å². The molecule has 2 unspecified atom stereocenters. The van der Waals surface area contributed by atoms with Crippen LogP contribution < -0.4 is 5.73 Å². The SMILES string of the molecule is NCc1nnc(SC2CCOC3(CCSC3)C2)n1C1CC1. The van der Waals surface area contributed by atoms with Crippen molar-refractivity contribution in [2.45, 2.75) is 60.7 Å². The predicted molar refractivity (Wildman–Crippen MR) is 85.7 cm³/mol. The Labute approximate surface area is 133 Å². The van der Waals surface area contributed by atoms with Crippen LogP contribution in [0.3, 0.4) is 0 Å². The molecule has 5 nitrogen and oxygen atoms in total. The van der Waals surface area contributed by atoms with Gasteiger partial charge < -0.3 is 15.0 Å². The molecule has 3 aliphatic rings. The quantitative estimate of drug-likeness (QED) is 0.915. The normalized spacial score (nSPS) is 32.9. The summed E-state index contributed by atoms with van der Waals surface area (Å²) < 4.78 is 8.40. The molecular weight excluding hydrogens is 304 g/mol. The highest BCUT2D eigenvalue weighted by Gasteiger charge is 2.41. The summed E-state index contributed by atoms with van der Waals surface area (Å²) in [5.41, 5.74) is 5.94. The molecule has 3 fully saturated rings. The van der Waals surface area contributed by atoms with Gasteiger partial charge in [0.1, 0.15) is 5.82 Å². The van der Waals surface area contributed by atoms with Crippen LogP contribution in [0.1, 0.15) is 44.0 Å². The molecule has 1 aromatic heterocycles. The Balaban J connectivity index is 1.49. The van der Waals surface area contributed by atoms with Crippen molar-refractivity contribution < 1.29 is 4.74 Å². The fraction of sp³-hybridized carbons (Fsp3) is 0.857. The lowest BCUT2D eigenvalue weighted by molar-refractivity contribution is -0.0562. The van der Waals surface area contributed by atoms with Gasteiger partial charge in [0, 0.05) is 23.7 Å². The highest BCUT2D eigenvalue weighted by molar-refractivity contribution is 8.00. The second kappa shape index (κ2) is 5.76. The first-order chi connectivity index (χ1) is 10.3. The highest BCUT2D eigenvalue weighted by atomic mass is 32.2. The summed E-state index contributed by atoms with van der Waals surface area (Å²) in [5.74, 6) is 3.35. The third kappa shape index (κ3) is 2.85. The van der Waals surface area contributed by atoms with Crippen molar-refractivity contribution in [3.63, 3.8) is 0 Å². The highest BCUT2D eigenvalue weighted by Crippen LogP contribution is 2.44. The number of nitrogens with two attached hydrogens (primary N) is 1. The fourth-order valence-electron chi connectivity index (χ4n) is 3.32. The molecule has 0 bridgehead atoms. The number of ether oxygens (including phenoxy) is 1. The third-order valence-electron chi connectivity index (χ3n) is 4.62. The van der Waals surface area contributed by atoms with Crippen molar-refractivity contribution in [2.24, 2.45) is 5.73 Å². The van der Waals surface area contributed by atoms with Gasteiger partial charge in [0.15, 0.2) is 5.16 Å². The van der Waals surface area contributed by atoms with Crippen LogP contribution in [0, 0.1) is 0 Å². The number of aromatic nitrogens is 3. The van der Waals surface area contributed by atoms with Crippen LogP contribution >= 0.6 is 23.5 Å². The van der Waals surface area contributed by atoms with Gasteiger partial charge in [-0.1, -0.05) is 11.8 Å². The zero-order chi connectivity index (χ0) is 14.3. The summed E-state index contributed by atoms with van der Waals surface area (Å²) in [4.78, 5) is 0. The van der Waals surface area contributed by atoms with Gasteiger partial charge in [-0.15, -0.1) is 10.2 Å². The minimum absolute atomic E-state index is 0.141. The van der Waals surface area contributed by atoms with Gasteiger partial charge in [0.25, 0.3) is 0 Å². The van der Waals surface area contributed by atoms with Crippen LogP contribution in [0.15, 0.2) is 5.16 Å². The molecular formula is C14H22N4OS2. The Kier molecular flexibility index (Phi) is 3.94. The molecule has 7 heteroatoms. The first-order valence-corrected chi connectivity index (χ1v) is 9.85. The van der Waals surface area contributed by atoms with Crippen molar-refractivity contribution >= 4 is 23.5 Å². The Bertz CT molecular complexity index is 511. The molecule has 1 aromatic rings. The Morgan fingerprint density at radius 3 is 3.00 bits per heavy atom. The van der Waals surface area contributed by atoms with E-state index >= 15 is 0 Å². The van der Waals surface area contributed by atoms with Crippen molar-refractivity contribution in [2.75, 3.05) is 18.1 Å². The minimum atomic E-state index is 0.141. The van der Waals surface area contributed by atoms with Gasteiger partial charge >= 0.3 is 0 Å².